The van der Waals surface area contributed by atoms with Gasteiger partial charge in [-0.15, -0.1) is 0 Å². The van der Waals surface area contributed by atoms with Crippen molar-refractivity contribution in [1.29, 1.82) is 0 Å². The van der Waals surface area contributed by atoms with Crippen molar-refractivity contribution < 1.29 is 18.1 Å². The molecule has 1 aromatic carbocycles. The van der Waals surface area contributed by atoms with Crippen LogP contribution in [0.25, 0.3) is 0 Å². The number of benzene rings is 1. The molecule has 4 aliphatic rings. The zero-order valence-electron chi connectivity index (χ0n) is 30.4. The summed E-state index contributed by atoms with van der Waals surface area (Å²) < 4.78 is 21.5. The number of oxime groups is 1. The van der Waals surface area contributed by atoms with Crippen LogP contribution in [0.2, 0.25) is 58.9 Å². The molecular formula is C37H63NO4Si3. The molecule has 0 aromatic heterocycles. The van der Waals surface area contributed by atoms with Crippen LogP contribution in [0, 0.1) is 28.6 Å². The lowest BCUT2D eigenvalue weighted by Gasteiger charge is -2.62. The molecule has 7 atom stereocenters. The molecule has 3 fully saturated rings. The molecule has 1 aromatic rings. The normalized spacial score (nSPS) is 35.3. The van der Waals surface area contributed by atoms with Gasteiger partial charge in [0, 0.05) is 5.41 Å². The minimum atomic E-state index is -1.90. The first-order chi connectivity index (χ1) is 20.9. The van der Waals surface area contributed by atoms with Gasteiger partial charge in [-0.2, -0.15) is 0 Å². The second-order valence-electron chi connectivity index (χ2n) is 18.1. The smallest absolute Gasteiger partial charge is 0.184 e. The van der Waals surface area contributed by atoms with E-state index in [4.69, 9.17) is 18.1 Å². The quantitative estimate of drug-likeness (QED) is 0.174. The minimum absolute atomic E-state index is 0.00635. The van der Waals surface area contributed by atoms with Crippen molar-refractivity contribution in [3.8, 4) is 0 Å². The zero-order valence-corrected chi connectivity index (χ0v) is 33.4. The van der Waals surface area contributed by atoms with Crippen LogP contribution in [-0.4, -0.2) is 49.0 Å². The monoisotopic (exact) mass is 669 g/mol. The number of allylic oxidation sites excluding steroid dienone is 2. The summed E-state index contributed by atoms with van der Waals surface area (Å²) in [5.74, 6) is 2.12. The fourth-order valence-corrected chi connectivity index (χ4v) is 13.1. The summed E-state index contributed by atoms with van der Waals surface area (Å²) >= 11 is 0. The molecule has 4 aliphatic carbocycles. The van der Waals surface area contributed by atoms with Gasteiger partial charge in [0.2, 0.25) is 0 Å². The van der Waals surface area contributed by atoms with Crippen LogP contribution in [0.15, 0.2) is 47.1 Å². The van der Waals surface area contributed by atoms with E-state index in [1.807, 2.05) is 6.07 Å². The van der Waals surface area contributed by atoms with E-state index in [2.05, 4.69) is 108 Å². The Morgan fingerprint density at radius 3 is 2.13 bits per heavy atom. The SMILES string of the molecule is C[C@]12CCC(=NOCc3ccccc3)C=C1CC[C@@H]1[C@@H]2CC[C@@]2(C)[C@H]1CC[C@]2(O[Si](C)(C)C)[C@@H](CO[Si](C)(C)C)O[Si](C)(C)C. The predicted molar refractivity (Wildman–Crippen MR) is 195 cm³/mol. The van der Waals surface area contributed by atoms with Gasteiger partial charge < -0.3 is 18.1 Å². The third-order valence-corrected chi connectivity index (χ3v) is 14.6. The highest BCUT2D eigenvalue weighted by atomic mass is 28.4. The van der Waals surface area contributed by atoms with Crippen molar-refractivity contribution in [1.82, 2.24) is 0 Å². The molecule has 5 nitrogen and oxygen atoms in total. The fraction of sp³-hybridized carbons (Fsp3) is 0.757. The largest absolute Gasteiger partial charge is 0.415 e. The van der Waals surface area contributed by atoms with E-state index in [1.165, 1.54) is 38.5 Å². The Morgan fingerprint density at radius 2 is 1.49 bits per heavy atom. The van der Waals surface area contributed by atoms with E-state index in [0.29, 0.717) is 19.1 Å². The van der Waals surface area contributed by atoms with Crippen molar-refractivity contribution in [2.75, 3.05) is 6.61 Å². The van der Waals surface area contributed by atoms with Gasteiger partial charge in [0.05, 0.1) is 24.0 Å². The molecule has 0 aliphatic heterocycles. The van der Waals surface area contributed by atoms with Crippen molar-refractivity contribution in [3.63, 3.8) is 0 Å². The zero-order chi connectivity index (χ0) is 32.9. The number of hydrogen-bond donors (Lipinski definition) is 0. The predicted octanol–water partition coefficient (Wildman–Crippen LogP) is 10.2. The number of rotatable bonds is 11. The van der Waals surface area contributed by atoms with Crippen LogP contribution in [0.4, 0.5) is 0 Å². The van der Waals surface area contributed by atoms with E-state index in [9.17, 15) is 0 Å². The van der Waals surface area contributed by atoms with Gasteiger partial charge in [0.1, 0.15) is 6.61 Å². The summed E-state index contributed by atoms with van der Waals surface area (Å²) in [6.45, 7) is 27.5. The Kier molecular flexibility index (Phi) is 10.0. The van der Waals surface area contributed by atoms with Crippen LogP contribution >= 0.6 is 0 Å². The van der Waals surface area contributed by atoms with Crippen molar-refractivity contribution in [2.45, 2.75) is 142 Å². The summed E-state index contributed by atoms with van der Waals surface area (Å²) in [6.07, 6.45) is 11.9. The standard InChI is InChI=1S/C37H63NO4Si3/c1-35-22-19-30(38-39-26-28-15-13-12-14-16-28)25-29(35)17-18-31-32(35)20-23-36(2)33(31)21-24-37(36,42-45(9,10)11)34(41-44(6,7)8)27-40-43(3,4)5/h12-16,25,31-34H,17-24,26-27H2,1-11H3/t31-,32+,33+,34-,35+,36+,37+/m1/s1. The molecule has 5 rings (SSSR count). The first-order valence-corrected chi connectivity index (χ1v) is 28.0. The summed E-state index contributed by atoms with van der Waals surface area (Å²) in [6, 6.07) is 10.3. The van der Waals surface area contributed by atoms with Gasteiger partial charge >= 0.3 is 0 Å². The molecule has 0 bridgehead atoms. The van der Waals surface area contributed by atoms with Crippen molar-refractivity contribution >= 4 is 30.7 Å². The molecule has 0 unspecified atom stereocenters. The Balaban J connectivity index is 1.41. The maximum atomic E-state index is 7.56. The molecule has 252 valence electrons. The highest BCUT2D eigenvalue weighted by Crippen LogP contribution is 2.69. The van der Waals surface area contributed by atoms with Gasteiger partial charge in [0.15, 0.2) is 25.0 Å². The van der Waals surface area contributed by atoms with Crippen LogP contribution < -0.4 is 0 Å². The lowest BCUT2D eigenvalue weighted by Crippen LogP contribution is -2.65. The van der Waals surface area contributed by atoms with E-state index >= 15 is 0 Å². The third kappa shape index (κ3) is 7.51. The maximum Gasteiger partial charge on any atom is 0.184 e. The first kappa shape index (κ1) is 35.3. The molecule has 0 N–H and O–H groups in total. The Hall–Kier alpha value is -1.04. The summed E-state index contributed by atoms with van der Waals surface area (Å²) in [5, 5.41) is 4.61. The molecular weight excluding hydrogens is 607 g/mol. The van der Waals surface area contributed by atoms with Crippen LogP contribution in [-0.2, 0) is 24.7 Å². The third-order valence-electron chi connectivity index (χ3n) is 11.6. The highest BCUT2D eigenvalue weighted by Gasteiger charge is 2.68. The van der Waals surface area contributed by atoms with Crippen LogP contribution in [0.1, 0.15) is 70.8 Å². The van der Waals surface area contributed by atoms with Crippen molar-refractivity contribution in [3.05, 3.63) is 47.5 Å². The first-order valence-electron chi connectivity index (χ1n) is 17.8. The van der Waals surface area contributed by atoms with E-state index in [1.54, 1.807) is 5.57 Å². The molecule has 0 radical (unpaired) electrons. The maximum absolute atomic E-state index is 7.56. The lowest BCUT2D eigenvalue weighted by molar-refractivity contribution is -0.167. The number of fused-ring (bicyclic) bond motifs is 5. The highest BCUT2D eigenvalue weighted by molar-refractivity contribution is 6.70. The van der Waals surface area contributed by atoms with Gasteiger partial charge in [-0.3, -0.25) is 0 Å². The molecule has 0 heterocycles. The average Bonchev–Trinajstić information content (AvgIpc) is 3.22. The minimum Gasteiger partial charge on any atom is -0.415 e. The van der Waals surface area contributed by atoms with Crippen molar-refractivity contribution in [2.24, 2.45) is 33.7 Å². The van der Waals surface area contributed by atoms with E-state index in [0.717, 1.165) is 36.0 Å². The van der Waals surface area contributed by atoms with Crippen LogP contribution in [0.5, 0.6) is 0 Å². The van der Waals surface area contributed by atoms with Gasteiger partial charge in [0.25, 0.3) is 0 Å². The second kappa shape index (κ2) is 12.8. The molecule has 45 heavy (non-hydrogen) atoms. The van der Waals surface area contributed by atoms with E-state index in [-0.39, 0.29) is 22.5 Å². The molecule has 0 spiro atoms. The fourth-order valence-electron chi connectivity index (χ4n) is 9.77. The molecule has 8 heteroatoms. The number of hydrogen-bond acceptors (Lipinski definition) is 5. The summed E-state index contributed by atoms with van der Waals surface area (Å²) in [7, 11) is -5.49. The lowest BCUT2D eigenvalue weighted by atomic mass is 9.46. The molecule has 0 amide bonds. The summed E-state index contributed by atoms with van der Waals surface area (Å²) in [4.78, 5) is 5.82. The summed E-state index contributed by atoms with van der Waals surface area (Å²) in [5.41, 5.74) is 3.96. The Labute approximate surface area is 278 Å². The number of nitrogens with zero attached hydrogens (tertiary/aromatic N) is 1. The Bertz CT molecular complexity index is 1250. The van der Waals surface area contributed by atoms with Gasteiger partial charge in [-0.05, 0) is 145 Å². The second-order valence-corrected chi connectivity index (χ2v) is 31.5. The molecule has 3 saturated carbocycles. The van der Waals surface area contributed by atoms with E-state index < -0.39 is 25.0 Å². The Morgan fingerprint density at radius 1 is 0.800 bits per heavy atom. The topological polar surface area (TPSA) is 49.3 Å². The molecule has 0 saturated heterocycles. The average molecular weight is 670 g/mol. The van der Waals surface area contributed by atoms with Gasteiger partial charge in [-0.25, -0.2) is 0 Å². The van der Waals surface area contributed by atoms with Crippen LogP contribution in [0.3, 0.4) is 0 Å². The van der Waals surface area contributed by atoms with Gasteiger partial charge in [-0.1, -0.05) is 54.9 Å².